The van der Waals surface area contributed by atoms with E-state index in [0.29, 0.717) is 12.2 Å². The maximum Gasteiger partial charge on any atom is 0.269 e. The molecule has 0 saturated carbocycles. The first kappa shape index (κ1) is 14.4. The first-order valence-corrected chi connectivity index (χ1v) is 6.04. The number of nitrogens with two attached hydrogens (primary N) is 1. The second kappa shape index (κ2) is 6.00. The molecule has 2 rings (SSSR count). The predicted octanol–water partition coefficient (Wildman–Crippen LogP) is 2.44. The Bertz CT molecular complexity index is 686. The lowest BCUT2D eigenvalue weighted by Gasteiger charge is -2.08. The van der Waals surface area contributed by atoms with Crippen LogP contribution in [0.25, 0.3) is 0 Å². The number of amides is 1. The molecule has 0 unspecified atom stereocenters. The van der Waals surface area contributed by atoms with Crippen LogP contribution < -0.4 is 11.1 Å². The van der Waals surface area contributed by atoms with E-state index in [4.69, 9.17) is 5.73 Å². The molecule has 0 atom stereocenters. The Labute approximate surface area is 119 Å². The van der Waals surface area contributed by atoms with Crippen molar-refractivity contribution >= 4 is 17.3 Å². The maximum absolute atomic E-state index is 13.3. The summed E-state index contributed by atoms with van der Waals surface area (Å²) in [6, 6.07) is 9.98. The molecule has 0 bridgehead atoms. The Morgan fingerprint density at radius 2 is 1.90 bits per heavy atom. The van der Waals surface area contributed by atoms with Gasteiger partial charge in [0.05, 0.1) is 10.5 Å². The van der Waals surface area contributed by atoms with Crippen molar-refractivity contribution in [2.24, 2.45) is 5.73 Å². The predicted molar refractivity (Wildman–Crippen MR) is 75.3 cm³/mol. The summed E-state index contributed by atoms with van der Waals surface area (Å²) >= 11 is 0. The maximum atomic E-state index is 13.3. The quantitative estimate of drug-likeness (QED) is 0.652. The van der Waals surface area contributed by atoms with Crippen molar-refractivity contribution < 1.29 is 14.1 Å². The van der Waals surface area contributed by atoms with E-state index >= 15 is 0 Å². The van der Waals surface area contributed by atoms with Gasteiger partial charge < -0.3 is 11.1 Å². The van der Waals surface area contributed by atoms with Crippen LogP contribution in [0.3, 0.4) is 0 Å². The average Bonchev–Trinajstić information content (AvgIpc) is 2.46. The summed E-state index contributed by atoms with van der Waals surface area (Å²) < 4.78 is 13.3. The summed E-state index contributed by atoms with van der Waals surface area (Å²) in [7, 11) is 0. The van der Waals surface area contributed by atoms with Crippen LogP contribution in [-0.4, -0.2) is 10.8 Å². The Morgan fingerprint density at radius 1 is 1.24 bits per heavy atom. The number of rotatable bonds is 5. The van der Waals surface area contributed by atoms with Crippen LogP contribution in [0.1, 0.15) is 15.9 Å². The zero-order valence-corrected chi connectivity index (χ0v) is 10.9. The summed E-state index contributed by atoms with van der Waals surface area (Å²) in [5, 5.41) is 13.5. The average molecular weight is 289 g/mol. The van der Waals surface area contributed by atoms with Crippen molar-refractivity contribution in [2.75, 3.05) is 5.32 Å². The first-order valence-electron chi connectivity index (χ1n) is 6.04. The summed E-state index contributed by atoms with van der Waals surface area (Å²) in [6.45, 7) is 0.377. The van der Waals surface area contributed by atoms with Crippen molar-refractivity contribution in [3.63, 3.8) is 0 Å². The molecule has 3 N–H and O–H groups in total. The first-order chi connectivity index (χ1) is 9.97. The fourth-order valence-corrected chi connectivity index (χ4v) is 1.76. The number of carbonyl (C=O) groups excluding carboxylic acids is 1. The van der Waals surface area contributed by atoms with Gasteiger partial charge in [-0.05, 0) is 23.8 Å². The molecule has 2 aromatic rings. The molecule has 0 aliphatic rings. The van der Waals surface area contributed by atoms with Crippen molar-refractivity contribution in [3.8, 4) is 0 Å². The Balaban J connectivity index is 2.07. The van der Waals surface area contributed by atoms with Gasteiger partial charge in [-0.2, -0.15) is 0 Å². The lowest BCUT2D eigenvalue weighted by atomic mass is 10.1. The van der Waals surface area contributed by atoms with E-state index in [0.717, 1.165) is 11.6 Å². The van der Waals surface area contributed by atoms with E-state index < -0.39 is 16.6 Å². The van der Waals surface area contributed by atoms with Crippen LogP contribution >= 0.6 is 0 Å². The van der Waals surface area contributed by atoms with Crippen molar-refractivity contribution in [3.05, 3.63) is 69.5 Å². The second-order valence-electron chi connectivity index (χ2n) is 4.34. The molecule has 2 aromatic carbocycles. The van der Waals surface area contributed by atoms with Gasteiger partial charge in [0.2, 0.25) is 0 Å². The van der Waals surface area contributed by atoms with Crippen LogP contribution in [0, 0.1) is 15.9 Å². The van der Waals surface area contributed by atoms with Gasteiger partial charge in [0, 0.05) is 24.4 Å². The Morgan fingerprint density at radius 3 is 2.48 bits per heavy atom. The van der Waals surface area contributed by atoms with Gasteiger partial charge in [0.15, 0.2) is 0 Å². The van der Waals surface area contributed by atoms with Crippen LogP contribution in [0.15, 0.2) is 42.5 Å². The Hall–Kier alpha value is -2.96. The van der Waals surface area contributed by atoms with Gasteiger partial charge in [-0.3, -0.25) is 14.9 Å². The molecule has 0 fully saturated rings. The molecule has 1 amide bonds. The van der Waals surface area contributed by atoms with E-state index in [1.54, 1.807) is 12.1 Å². The molecule has 0 radical (unpaired) electrons. The van der Waals surface area contributed by atoms with Gasteiger partial charge >= 0.3 is 0 Å². The van der Waals surface area contributed by atoms with Gasteiger partial charge in [-0.1, -0.05) is 12.1 Å². The number of nitrogens with one attached hydrogen (secondary N) is 1. The third kappa shape index (κ3) is 3.53. The molecule has 108 valence electrons. The highest BCUT2D eigenvalue weighted by atomic mass is 19.1. The van der Waals surface area contributed by atoms with Gasteiger partial charge in [-0.15, -0.1) is 0 Å². The van der Waals surface area contributed by atoms with Crippen molar-refractivity contribution in [1.82, 2.24) is 0 Å². The lowest BCUT2D eigenvalue weighted by molar-refractivity contribution is -0.384. The molecular weight excluding hydrogens is 277 g/mol. The van der Waals surface area contributed by atoms with Gasteiger partial charge in [0.1, 0.15) is 5.82 Å². The highest BCUT2D eigenvalue weighted by Crippen LogP contribution is 2.17. The minimum atomic E-state index is -0.841. The molecule has 0 heterocycles. The number of halogens is 1. The number of non-ortho nitro benzene ring substituents is 1. The van der Waals surface area contributed by atoms with E-state index in [1.165, 1.54) is 24.3 Å². The molecule has 0 aliphatic heterocycles. The molecule has 0 aromatic heterocycles. The number of nitro benzene ring substituents is 1. The SMILES string of the molecule is NC(=O)c1cc(NCc2ccc([N+](=O)[O-])cc2)ccc1F. The van der Waals surface area contributed by atoms with E-state index in [2.05, 4.69) is 5.32 Å². The minimum Gasteiger partial charge on any atom is -0.381 e. The van der Waals surface area contributed by atoms with Crippen LogP contribution in [-0.2, 0) is 6.54 Å². The molecule has 21 heavy (non-hydrogen) atoms. The molecule has 0 aliphatic carbocycles. The zero-order chi connectivity index (χ0) is 15.4. The molecule has 6 nitrogen and oxygen atoms in total. The lowest BCUT2D eigenvalue weighted by Crippen LogP contribution is -2.13. The fourth-order valence-electron chi connectivity index (χ4n) is 1.76. The third-order valence-corrected chi connectivity index (χ3v) is 2.88. The highest BCUT2D eigenvalue weighted by Gasteiger charge is 2.09. The van der Waals surface area contributed by atoms with Gasteiger partial charge in [0.25, 0.3) is 11.6 Å². The topological polar surface area (TPSA) is 98.3 Å². The van der Waals surface area contributed by atoms with Crippen LogP contribution in [0.2, 0.25) is 0 Å². The number of nitrogens with zero attached hydrogens (tertiary/aromatic N) is 1. The van der Waals surface area contributed by atoms with Crippen molar-refractivity contribution in [2.45, 2.75) is 6.54 Å². The number of benzene rings is 2. The summed E-state index contributed by atoms with van der Waals surface area (Å²) in [5.41, 5.74) is 6.23. The monoisotopic (exact) mass is 289 g/mol. The van der Waals surface area contributed by atoms with E-state index in [9.17, 15) is 19.3 Å². The van der Waals surface area contributed by atoms with Crippen LogP contribution in [0.4, 0.5) is 15.8 Å². The largest absolute Gasteiger partial charge is 0.381 e. The normalized spacial score (nSPS) is 10.1. The molecule has 0 saturated heterocycles. The third-order valence-electron chi connectivity index (χ3n) is 2.88. The van der Waals surface area contributed by atoms with E-state index in [1.807, 2.05) is 0 Å². The molecule has 7 heteroatoms. The smallest absolute Gasteiger partial charge is 0.269 e. The standard InChI is InChI=1S/C14H12FN3O3/c15-13-6-3-10(7-12(13)14(16)19)17-8-9-1-4-11(5-2-9)18(20)21/h1-7,17H,8H2,(H2,16,19). The summed E-state index contributed by atoms with van der Waals surface area (Å²) in [5.74, 6) is -1.52. The van der Waals surface area contributed by atoms with E-state index in [-0.39, 0.29) is 11.3 Å². The number of carbonyl (C=O) groups is 1. The summed E-state index contributed by atoms with van der Waals surface area (Å²) in [4.78, 5) is 21.1. The minimum absolute atomic E-state index is 0.0107. The molecule has 0 spiro atoms. The number of primary amides is 1. The second-order valence-corrected chi connectivity index (χ2v) is 4.34. The highest BCUT2D eigenvalue weighted by molar-refractivity contribution is 5.94. The zero-order valence-electron chi connectivity index (χ0n) is 10.9. The van der Waals surface area contributed by atoms with Crippen molar-refractivity contribution in [1.29, 1.82) is 0 Å². The summed E-state index contributed by atoms with van der Waals surface area (Å²) in [6.07, 6.45) is 0. The fraction of sp³-hybridized carbons (Fsp3) is 0.0714. The Kier molecular flexibility index (Phi) is 4.13. The van der Waals surface area contributed by atoms with Gasteiger partial charge in [-0.25, -0.2) is 4.39 Å². The molecular formula is C14H12FN3O3. The number of nitro groups is 1. The number of hydrogen-bond donors (Lipinski definition) is 2. The van der Waals surface area contributed by atoms with Crippen LogP contribution in [0.5, 0.6) is 0 Å². The number of hydrogen-bond acceptors (Lipinski definition) is 4. The number of anilines is 1.